The van der Waals surface area contributed by atoms with Crippen molar-refractivity contribution in [3.05, 3.63) is 0 Å². The van der Waals surface area contributed by atoms with E-state index >= 15 is 0 Å². The van der Waals surface area contributed by atoms with Crippen molar-refractivity contribution < 1.29 is 9.84 Å². The average molecular weight is 202 g/mol. The van der Waals surface area contributed by atoms with Crippen LogP contribution < -0.4 is 0 Å². The van der Waals surface area contributed by atoms with Gasteiger partial charge in [-0.05, 0) is 32.6 Å². The summed E-state index contributed by atoms with van der Waals surface area (Å²) in [6.45, 7) is 13.5. The Morgan fingerprint density at radius 1 is 1.07 bits per heavy atom. The van der Waals surface area contributed by atoms with Crippen LogP contribution in [-0.4, -0.2) is 23.9 Å². The molecule has 1 atom stereocenters. The van der Waals surface area contributed by atoms with Gasteiger partial charge in [0.15, 0.2) is 0 Å². The molecule has 0 aromatic carbocycles. The number of rotatable bonds is 4. The predicted molar refractivity (Wildman–Crippen MR) is 60.4 cm³/mol. The molecule has 0 bridgehead atoms. The summed E-state index contributed by atoms with van der Waals surface area (Å²) in [5.74, 6) is 0.259. The van der Waals surface area contributed by atoms with Gasteiger partial charge < -0.3 is 9.84 Å². The third-order valence-corrected chi connectivity index (χ3v) is 1.91. The molecule has 2 nitrogen and oxygen atoms in total. The Kier molecular flexibility index (Phi) is 5.10. The van der Waals surface area contributed by atoms with Crippen LogP contribution in [0, 0.1) is 11.3 Å². The van der Waals surface area contributed by atoms with Gasteiger partial charge in [-0.2, -0.15) is 0 Å². The van der Waals surface area contributed by atoms with Crippen LogP contribution in [0.3, 0.4) is 0 Å². The van der Waals surface area contributed by atoms with E-state index in [0.717, 1.165) is 6.42 Å². The van der Waals surface area contributed by atoms with E-state index in [0.29, 0.717) is 6.61 Å². The molecule has 0 saturated heterocycles. The molecular formula is C12H26O2. The maximum Gasteiger partial charge on any atom is 0.0598 e. The van der Waals surface area contributed by atoms with Crippen molar-refractivity contribution in [1.29, 1.82) is 0 Å². The van der Waals surface area contributed by atoms with Crippen LogP contribution >= 0.6 is 0 Å². The lowest BCUT2D eigenvalue weighted by Crippen LogP contribution is -2.27. The first-order valence-corrected chi connectivity index (χ1v) is 5.39. The Labute approximate surface area is 88.7 Å². The van der Waals surface area contributed by atoms with Gasteiger partial charge in [-0.1, -0.05) is 20.8 Å². The van der Waals surface area contributed by atoms with Gasteiger partial charge in [0.1, 0.15) is 0 Å². The Bertz CT molecular complexity index is 151. The molecule has 14 heavy (non-hydrogen) atoms. The second-order valence-corrected chi connectivity index (χ2v) is 6.24. The van der Waals surface area contributed by atoms with Crippen LogP contribution in [0.15, 0.2) is 0 Å². The number of aliphatic hydroxyl groups is 1. The summed E-state index contributed by atoms with van der Waals surface area (Å²) in [7, 11) is 0. The first kappa shape index (κ1) is 13.9. The summed E-state index contributed by atoms with van der Waals surface area (Å²) in [6, 6.07) is 0. The van der Waals surface area contributed by atoms with Crippen molar-refractivity contribution in [1.82, 2.24) is 0 Å². The van der Waals surface area contributed by atoms with E-state index in [1.807, 2.05) is 20.8 Å². The molecule has 0 radical (unpaired) electrons. The van der Waals surface area contributed by atoms with Gasteiger partial charge in [0.25, 0.3) is 0 Å². The number of aliphatic hydroxyl groups excluding tert-OH is 1. The van der Waals surface area contributed by atoms with Crippen molar-refractivity contribution in [2.45, 2.75) is 53.6 Å². The van der Waals surface area contributed by atoms with Crippen molar-refractivity contribution in [2.24, 2.45) is 11.3 Å². The Hall–Kier alpha value is -0.0800. The van der Waals surface area contributed by atoms with E-state index < -0.39 is 0 Å². The number of hydrogen-bond donors (Lipinski definition) is 1. The Balaban J connectivity index is 3.93. The zero-order chi connectivity index (χ0) is 11.4. The van der Waals surface area contributed by atoms with Crippen molar-refractivity contribution >= 4 is 0 Å². The second-order valence-electron chi connectivity index (χ2n) is 6.24. The van der Waals surface area contributed by atoms with Gasteiger partial charge >= 0.3 is 0 Å². The van der Waals surface area contributed by atoms with Crippen LogP contribution in [-0.2, 0) is 4.74 Å². The molecule has 1 unspecified atom stereocenters. The summed E-state index contributed by atoms with van der Waals surface area (Å²) in [5, 5.41) is 9.21. The van der Waals surface area contributed by atoms with Crippen molar-refractivity contribution in [3.8, 4) is 0 Å². The fourth-order valence-corrected chi connectivity index (χ4v) is 1.41. The monoisotopic (exact) mass is 202 g/mol. The largest absolute Gasteiger partial charge is 0.396 e. The summed E-state index contributed by atoms with van der Waals surface area (Å²) < 4.78 is 5.67. The lowest BCUT2D eigenvalue weighted by atomic mass is 9.85. The molecule has 0 aliphatic heterocycles. The summed E-state index contributed by atoms with van der Waals surface area (Å²) in [4.78, 5) is 0. The maximum absolute atomic E-state index is 9.21. The molecule has 0 aromatic heterocycles. The Morgan fingerprint density at radius 2 is 1.57 bits per heavy atom. The zero-order valence-electron chi connectivity index (χ0n) is 10.6. The predicted octanol–water partition coefficient (Wildman–Crippen LogP) is 2.85. The number of ether oxygens (including phenoxy) is 1. The van der Waals surface area contributed by atoms with Crippen LogP contribution in [0.1, 0.15) is 48.0 Å². The van der Waals surface area contributed by atoms with Crippen molar-refractivity contribution in [2.75, 3.05) is 13.2 Å². The van der Waals surface area contributed by atoms with Gasteiger partial charge in [-0.25, -0.2) is 0 Å². The molecule has 86 valence electrons. The van der Waals surface area contributed by atoms with Crippen LogP contribution in [0.2, 0.25) is 0 Å². The van der Waals surface area contributed by atoms with Gasteiger partial charge in [-0.3, -0.25) is 0 Å². The fraction of sp³-hybridized carbons (Fsp3) is 1.00. The van der Waals surface area contributed by atoms with E-state index in [-0.39, 0.29) is 23.5 Å². The quantitative estimate of drug-likeness (QED) is 0.759. The molecule has 2 heteroatoms. The fourth-order valence-electron chi connectivity index (χ4n) is 1.41. The highest BCUT2D eigenvalue weighted by Gasteiger charge is 2.20. The van der Waals surface area contributed by atoms with Gasteiger partial charge in [0, 0.05) is 12.5 Å². The van der Waals surface area contributed by atoms with Crippen LogP contribution in [0.4, 0.5) is 0 Å². The summed E-state index contributed by atoms with van der Waals surface area (Å²) in [5.41, 5.74) is 0.153. The zero-order valence-corrected chi connectivity index (χ0v) is 10.6. The first-order chi connectivity index (χ1) is 6.14. The third kappa shape index (κ3) is 8.52. The normalized spacial score (nSPS) is 15.6. The Morgan fingerprint density at radius 3 is 1.86 bits per heavy atom. The third-order valence-electron chi connectivity index (χ3n) is 1.91. The molecule has 0 aromatic rings. The molecule has 0 amide bonds. The minimum absolute atomic E-state index is 0.106. The van der Waals surface area contributed by atoms with Gasteiger partial charge in [0.05, 0.1) is 12.2 Å². The second kappa shape index (κ2) is 5.13. The molecule has 0 saturated carbocycles. The van der Waals surface area contributed by atoms with Crippen LogP contribution in [0.5, 0.6) is 0 Å². The molecule has 0 fully saturated rings. The first-order valence-electron chi connectivity index (χ1n) is 5.39. The number of hydrogen-bond acceptors (Lipinski definition) is 2. The minimum atomic E-state index is -0.106. The van der Waals surface area contributed by atoms with E-state index in [4.69, 9.17) is 4.74 Å². The van der Waals surface area contributed by atoms with Gasteiger partial charge in [0.2, 0.25) is 0 Å². The lowest BCUT2D eigenvalue weighted by Gasteiger charge is -2.28. The van der Waals surface area contributed by atoms with E-state index in [1.165, 1.54) is 0 Å². The highest BCUT2D eigenvalue weighted by Crippen LogP contribution is 2.25. The topological polar surface area (TPSA) is 29.5 Å². The summed E-state index contributed by atoms with van der Waals surface area (Å²) in [6.07, 6.45) is 1.000. The smallest absolute Gasteiger partial charge is 0.0598 e. The highest BCUT2D eigenvalue weighted by molar-refractivity contribution is 4.70. The molecule has 0 aliphatic rings. The van der Waals surface area contributed by atoms with E-state index in [2.05, 4.69) is 20.8 Å². The molecular weight excluding hydrogens is 176 g/mol. The van der Waals surface area contributed by atoms with E-state index in [9.17, 15) is 5.11 Å². The summed E-state index contributed by atoms with van der Waals surface area (Å²) >= 11 is 0. The molecule has 0 aliphatic carbocycles. The van der Waals surface area contributed by atoms with Crippen LogP contribution in [0.25, 0.3) is 0 Å². The standard InChI is InChI=1S/C12H26O2/c1-11(2,3)7-10(8-13)9-14-12(4,5)6/h10,13H,7-9H2,1-6H3. The molecule has 1 N–H and O–H groups in total. The van der Waals surface area contributed by atoms with Crippen molar-refractivity contribution in [3.63, 3.8) is 0 Å². The maximum atomic E-state index is 9.21. The molecule has 0 rings (SSSR count). The lowest BCUT2D eigenvalue weighted by molar-refractivity contribution is -0.0379. The van der Waals surface area contributed by atoms with Gasteiger partial charge in [-0.15, -0.1) is 0 Å². The SMILES string of the molecule is CC(C)(C)CC(CO)COC(C)(C)C. The highest BCUT2D eigenvalue weighted by atomic mass is 16.5. The average Bonchev–Trinajstić information content (AvgIpc) is 1.94. The molecule has 0 spiro atoms. The minimum Gasteiger partial charge on any atom is -0.396 e. The molecule has 0 heterocycles. The van der Waals surface area contributed by atoms with E-state index in [1.54, 1.807) is 0 Å².